The van der Waals surface area contributed by atoms with Crippen molar-refractivity contribution >= 4 is 34.5 Å². The third-order valence-corrected chi connectivity index (χ3v) is 5.27. The van der Waals surface area contributed by atoms with Crippen molar-refractivity contribution < 1.29 is 0 Å². The lowest BCUT2D eigenvalue weighted by Gasteiger charge is -2.17. The van der Waals surface area contributed by atoms with Crippen LogP contribution in [0.15, 0.2) is 24.3 Å². The van der Waals surface area contributed by atoms with Gasteiger partial charge in [0.2, 0.25) is 0 Å². The first-order valence-electron chi connectivity index (χ1n) is 6.75. The zero-order valence-corrected chi connectivity index (χ0v) is 14.3. The first kappa shape index (κ1) is 15.8. The second-order valence-electron chi connectivity index (χ2n) is 4.94. The summed E-state index contributed by atoms with van der Waals surface area (Å²) in [6.07, 6.45) is 0.878. The molecule has 2 aromatic rings. The monoisotopic (exact) mass is 327 g/mol. The second kappa shape index (κ2) is 6.95. The van der Waals surface area contributed by atoms with Gasteiger partial charge < -0.3 is 5.32 Å². The molecule has 1 heterocycles. The number of nitrogens with one attached hydrogen (secondary N) is 1. The highest BCUT2D eigenvalue weighted by Crippen LogP contribution is 2.31. The molecule has 0 bridgehead atoms. The lowest BCUT2D eigenvalue weighted by atomic mass is 10.0. The molecule has 0 fully saturated rings. The van der Waals surface area contributed by atoms with Gasteiger partial charge in [-0.05, 0) is 56.1 Å². The van der Waals surface area contributed by atoms with Crippen molar-refractivity contribution in [2.24, 2.45) is 0 Å². The Morgan fingerprint density at radius 1 is 1.20 bits per heavy atom. The molecule has 4 heteroatoms. The molecule has 0 aliphatic rings. The highest BCUT2D eigenvalue weighted by molar-refractivity contribution is 7.12. The van der Waals surface area contributed by atoms with Crippen LogP contribution in [0.3, 0.4) is 0 Å². The van der Waals surface area contributed by atoms with Crippen molar-refractivity contribution in [2.75, 3.05) is 6.54 Å². The summed E-state index contributed by atoms with van der Waals surface area (Å²) in [6, 6.07) is 8.30. The fourth-order valence-electron chi connectivity index (χ4n) is 2.20. The molecule has 1 aromatic carbocycles. The molecular weight excluding hydrogens is 309 g/mol. The van der Waals surface area contributed by atoms with Gasteiger partial charge in [0.1, 0.15) is 0 Å². The Balaban J connectivity index is 2.25. The van der Waals surface area contributed by atoms with Gasteiger partial charge in [-0.3, -0.25) is 0 Å². The maximum atomic E-state index is 6.29. The van der Waals surface area contributed by atoms with Crippen molar-refractivity contribution in [1.82, 2.24) is 5.32 Å². The van der Waals surface area contributed by atoms with Crippen LogP contribution in [0.1, 0.15) is 33.8 Å². The minimum absolute atomic E-state index is 0.302. The average Bonchev–Trinajstić information content (AvgIpc) is 2.72. The Kier molecular flexibility index (Phi) is 5.50. The lowest BCUT2D eigenvalue weighted by molar-refractivity contribution is 0.558. The molecule has 1 N–H and O–H groups in total. The fraction of sp³-hybridized carbons (Fsp3) is 0.375. The van der Waals surface area contributed by atoms with Gasteiger partial charge in [0.15, 0.2) is 0 Å². The number of halogens is 2. The summed E-state index contributed by atoms with van der Waals surface area (Å²) in [4.78, 5) is 2.75. The number of hydrogen-bond donors (Lipinski definition) is 1. The topological polar surface area (TPSA) is 12.0 Å². The van der Waals surface area contributed by atoms with Gasteiger partial charge in [-0.15, -0.1) is 11.3 Å². The maximum absolute atomic E-state index is 6.29. The molecule has 108 valence electrons. The zero-order valence-electron chi connectivity index (χ0n) is 12.0. The summed E-state index contributed by atoms with van der Waals surface area (Å²) in [5.41, 5.74) is 2.49. The van der Waals surface area contributed by atoms with E-state index in [1.807, 2.05) is 29.5 Å². The molecular formula is C16H19Cl2NS. The Morgan fingerprint density at radius 2 is 1.95 bits per heavy atom. The van der Waals surface area contributed by atoms with Crippen molar-refractivity contribution in [1.29, 1.82) is 0 Å². The van der Waals surface area contributed by atoms with Crippen LogP contribution in [0.5, 0.6) is 0 Å². The third kappa shape index (κ3) is 3.76. The minimum atomic E-state index is 0.302. The molecule has 2 rings (SSSR count). The second-order valence-corrected chi connectivity index (χ2v) is 7.07. The first-order chi connectivity index (χ1) is 9.51. The van der Waals surface area contributed by atoms with E-state index >= 15 is 0 Å². The molecule has 1 unspecified atom stereocenters. The molecule has 1 nitrogen and oxygen atoms in total. The molecule has 0 aliphatic carbocycles. The quantitative estimate of drug-likeness (QED) is 0.757. The number of hydrogen-bond acceptors (Lipinski definition) is 2. The van der Waals surface area contributed by atoms with Crippen LogP contribution in [-0.2, 0) is 6.42 Å². The molecule has 0 saturated heterocycles. The smallest absolute Gasteiger partial charge is 0.0456 e. The van der Waals surface area contributed by atoms with Crippen LogP contribution in [0.2, 0.25) is 10.0 Å². The van der Waals surface area contributed by atoms with Crippen LogP contribution in [-0.4, -0.2) is 6.54 Å². The molecule has 0 saturated carbocycles. The molecule has 1 aromatic heterocycles. The standard InChI is InChI=1S/C16H19Cl2NS/c1-4-19-15(16-7-10(2)11(3)20-16)8-12-5-6-13(17)9-14(12)18/h5-7,9,15,19H,4,8H2,1-3H3. The Hall–Kier alpha value is -0.540. The normalized spacial score (nSPS) is 12.7. The number of rotatable bonds is 5. The number of likely N-dealkylation sites (N-methyl/N-ethyl adjacent to an activating group) is 1. The van der Waals surface area contributed by atoms with E-state index in [1.165, 1.54) is 15.3 Å². The van der Waals surface area contributed by atoms with Crippen LogP contribution in [0.25, 0.3) is 0 Å². The first-order valence-corrected chi connectivity index (χ1v) is 8.32. The average molecular weight is 328 g/mol. The molecule has 0 amide bonds. The van der Waals surface area contributed by atoms with Gasteiger partial charge in [0.25, 0.3) is 0 Å². The maximum Gasteiger partial charge on any atom is 0.0456 e. The van der Waals surface area contributed by atoms with Gasteiger partial charge in [0.05, 0.1) is 0 Å². The predicted molar refractivity (Wildman–Crippen MR) is 90.4 cm³/mol. The van der Waals surface area contributed by atoms with Crippen molar-refractivity contribution in [3.8, 4) is 0 Å². The largest absolute Gasteiger partial charge is 0.309 e. The summed E-state index contributed by atoms with van der Waals surface area (Å²) in [5, 5.41) is 4.97. The minimum Gasteiger partial charge on any atom is -0.309 e. The van der Waals surface area contributed by atoms with Crippen molar-refractivity contribution in [3.05, 3.63) is 55.2 Å². The Morgan fingerprint density at radius 3 is 2.50 bits per heavy atom. The number of benzene rings is 1. The van der Waals surface area contributed by atoms with Gasteiger partial charge in [-0.1, -0.05) is 36.2 Å². The van der Waals surface area contributed by atoms with Crippen LogP contribution >= 0.6 is 34.5 Å². The van der Waals surface area contributed by atoms with Gasteiger partial charge in [-0.25, -0.2) is 0 Å². The molecule has 0 radical (unpaired) electrons. The molecule has 20 heavy (non-hydrogen) atoms. The van der Waals surface area contributed by atoms with Gasteiger partial charge in [0, 0.05) is 25.8 Å². The summed E-state index contributed by atoms with van der Waals surface area (Å²) in [5.74, 6) is 0. The van der Waals surface area contributed by atoms with E-state index in [1.54, 1.807) is 0 Å². The lowest BCUT2D eigenvalue weighted by Crippen LogP contribution is -2.22. The fourth-order valence-corrected chi connectivity index (χ4v) is 3.80. The Bertz CT molecular complexity index is 573. The summed E-state index contributed by atoms with van der Waals surface area (Å²) in [7, 11) is 0. The van der Waals surface area contributed by atoms with E-state index in [0.717, 1.165) is 23.6 Å². The summed E-state index contributed by atoms with van der Waals surface area (Å²) >= 11 is 14.1. The Labute approximate surface area is 134 Å². The summed E-state index contributed by atoms with van der Waals surface area (Å²) in [6.45, 7) is 7.39. The molecule has 0 aliphatic heterocycles. The number of thiophene rings is 1. The van der Waals surface area contributed by atoms with E-state index < -0.39 is 0 Å². The summed E-state index contributed by atoms with van der Waals surface area (Å²) < 4.78 is 0. The van der Waals surface area contributed by atoms with Crippen molar-refractivity contribution in [3.63, 3.8) is 0 Å². The van der Waals surface area contributed by atoms with Gasteiger partial charge >= 0.3 is 0 Å². The zero-order chi connectivity index (χ0) is 14.7. The molecule has 0 spiro atoms. The molecule has 1 atom stereocenters. The van der Waals surface area contributed by atoms with Crippen LogP contribution in [0, 0.1) is 13.8 Å². The van der Waals surface area contributed by atoms with E-state index in [9.17, 15) is 0 Å². The van der Waals surface area contributed by atoms with E-state index in [2.05, 4.69) is 32.2 Å². The highest BCUT2D eigenvalue weighted by Gasteiger charge is 2.16. The van der Waals surface area contributed by atoms with Crippen LogP contribution < -0.4 is 5.32 Å². The van der Waals surface area contributed by atoms with E-state index in [4.69, 9.17) is 23.2 Å². The SMILES string of the molecule is CCNC(Cc1ccc(Cl)cc1Cl)c1cc(C)c(C)s1. The van der Waals surface area contributed by atoms with Crippen LogP contribution in [0.4, 0.5) is 0 Å². The van der Waals surface area contributed by atoms with E-state index in [0.29, 0.717) is 11.1 Å². The predicted octanol–water partition coefficient (Wildman–Crippen LogP) is 5.57. The van der Waals surface area contributed by atoms with Crippen molar-refractivity contribution in [2.45, 2.75) is 33.2 Å². The van der Waals surface area contributed by atoms with E-state index in [-0.39, 0.29) is 0 Å². The number of aryl methyl sites for hydroxylation is 2. The third-order valence-electron chi connectivity index (χ3n) is 3.42. The highest BCUT2D eigenvalue weighted by atomic mass is 35.5. The van der Waals surface area contributed by atoms with Gasteiger partial charge in [-0.2, -0.15) is 0 Å².